The summed E-state index contributed by atoms with van der Waals surface area (Å²) in [5.74, 6) is -2.62. The number of rotatable bonds is 6. The van der Waals surface area contributed by atoms with E-state index in [4.69, 9.17) is 4.74 Å². The number of aromatic nitrogens is 1. The highest BCUT2D eigenvalue weighted by Gasteiger charge is 2.30. The van der Waals surface area contributed by atoms with Crippen molar-refractivity contribution in [3.63, 3.8) is 0 Å². The van der Waals surface area contributed by atoms with Gasteiger partial charge in [-0.1, -0.05) is 11.3 Å². The van der Waals surface area contributed by atoms with E-state index in [2.05, 4.69) is 4.99 Å². The molecule has 0 atom stereocenters. The van der Waals surface area contributed by atoms with Crippen LogP contribution < -0.4 is 9.70 Å². The standard InChI is InChI=1S/C22H19F2N3O4S/c1-2-31-10-9-26-20-16(24)11-14(23)12-17(20)32-22(26)25-21(30)13-3-5-15(6-4-13)27-18(28)7-8-19(27)29/h3-6,11-12H,2,7-10H2,1H3. The quantitative estimate of drug-likeness (QED) is 0.418. The summed E-state index contributed by atoms with van der Waals surface area (Å²) < 4.78 is 35.3. The zero-order valence-electron chi connectivity index (χ0n) is 17.1. The molecule has 0 N–H and O–H groups in total. The lowest BCUT2D eigenvalue weighted by molar-refractivity contribution is -0.121. The van der Waals surface area contributed by atoms with E-state index in [0.717, 1.165) is 22.3 Å². The highest BCUT2D eigenvalue weighted by atomic mass is 32.1. The fraction of sp³-hybridized carbons (Fsp3) is 0.273. The van der Waals surface area contributed by atoms with E-state index >= 15 is 0 Å². The van der Waals surface area contributed by atoms with Crippen LogP contribution in [0.1, 0.15) is 30.1 Å². The molecule has 1 aliphatic rings. The van der Waals surface area contributed by atoms with E-state index < -0.39 is 17.5 Å². The predicted octanol–water partition coefficient (Wildman–Crippen LogP) is 3.41. The highest BCUT2D eigenvalue weighted by molar-refractivity contribution is 7.16. The van der Waals surface area contributed by atoms with Crippen LogP contribution in [0.4, 0.5) is 14.5 Å². The maximum absolute atomic E-state index is 14.5. The average Bonchev–Trinajstić information content (AvgIpc) is 3.27. The fourth-order valence-electron chi connectivity index (χ4n) is 3.49. The van der Waals surface area contributed by atoms with Gasteiger partial charge >= 0.3 is 0 Å². The number of anilines is 1. The summed E-state index contributed by atoms with van der Waals surface area (Å²) >= 11 is 1.000. The van der Waals surface area contributed by atoms with Gasteiger partial charge < -0.3 is 9.30 Å². The van der Waals surface area contributed by atoms with Gasteiger partial charge in [0, 0.05) is 37.6 Å². The van der Waals surface area contributed by atoms with Crippen molar-refractivity contribution in [2.75, 3.05) is 18.1 Å². The normalized spacial score (nSPS) is 14.7. The molecule has 2 aromatic carbocycles. The van der Waals surface area contributed by atoms with Gasteiger partial charge in [0.15, 0.2) is 10.6 Å². The van der Waals surface area contributed by atoms with Gasteiger partial charge in [0.05, 0.1) is 22.5 Å². The van der Waals surface area contributed by atoms with Crippen LogP contribution in [0.15, 0.2) is 41.4 Å². The van der Waals surface area contributed by atoms with Gasteiger partial charge in [0.1, 0.15) is 5.82 Å². The average molecular weight is 459 g/mol. The first-order valence-corrected chi connectivity index (χ1v) is 10.8. The van der Waals surface area contributed by atoms with E-state index in [-0.39, 0.29) is 53.7 Å². The largest absolute Gasteiger partial charge is 0.380 e. The molecule has 10 heteroatoms. The van der Waals surface area contributed by atoms with Crippen LogP contribution in [0, 0.1) is 11.6 Å². The van der Waals surface area contributed by atoms with Crippen LogP contribution in [-0.4, -0.2) is 35.5 Å². The van der Waals surface area contributed by atoms with E-state index in [9.17, 15) is 23.2 Å². The Labute approximate surface area is 185 Å². The number of thiazole rings is 1. The summed E-state index contributed by atoms with van der Waals surface area (Å²) in [6.45, 7) is 2.81. The zero-order chi connectivity index (χ0) is 22.8. The molecule has 4 rings (SSSR count). The molecule has 166 valence electrons. The van der Waals surface area contributed by atoms with Crippen LogP contribution in [0.3, 0.4) is 0 Å². The second-order valence-corrected chi connectivity index (χ2v) is 8.06. The van der Waals surface area contributed by atoms with Crippen molar-refractivity contribution in [3.05, 3.63) is 58.4 Å². The monoisotopic (exact) mass is 459 g/mol. The Morgan fingerprint density at radius 2 is 1.81 bits per heavy atom. The van der Waals surface area contributed by atoms with Crippen LogP contribution in [0.25, 0.3) is 10.2 Å². The molecule has 1 aliphatic heterocycles. The molecule has 1 aromatic heterocycles. The topological polar surface area (TPSA) is 81.0 Å². The molecule has 0 spiro atoms. The number of carbonyl (C=O) groups is 3. The van der Waals surface area contributed by atoms with Crippen molar-refractivity contribution in [2.24, 2.45) is 4.99 Å². The van der Waals surface area contributed by atoms with E-state index in [1.54, 1.807) is 0 Å². The molecule has 1 saturated heterocycles. The maximum Gasteiger partial charge on any atom is 0.279 e. The molecule has 0 radical (unpaired) electrons. The van der Waals surface area contributed by atoms with Gasteiger partial charge in [-0.25, -0.2) is 8.78 Å². The first-order chi connectivity index (χ1) is 15.4. The number of imide groups is 1. The molecule has 1 fully saturated rings. The minimum absolute atomic E-state index is 0.157. The molecule has 0 saturated carbocycles. The Morgan fingerprint density at radius 1 is 1.12 bits per heavy atom. The number of ether oxygens (including phenoxy) is 1. The van der Waals surface area contributed by atoms with Crippen molar-refractivity contribution < 1.29 is 27.9 Å². The van der Waals surface area contributed by atoms with Crippen molar-refractivity contribution in [2.45, 2.75) is 26.3 Å². The first-order valence-electron chi connectivity index (χ1n) is 10.00. The smallest absolute Gasteiger partial charge is 0.279 e. The van der Waals surface area contributed by atoms with Crippen LogP contribution >= 0.6 is 11.3 Å². The van der Waals surface area contributed by atoms with Gasteiger partial charge in [-0.2, -0.15) is 4.99 Å². The summed E-state index contributed by atoms with van der Waals surface area (Å²) in [6.07, 6.45) is 0.333. The van der Waals surface area contributed by atoms with Crippen LogP contribution in [0.2, 0.25) is 0 Å². The molecular weight excluding hydrogens is 440 g/mol. The Morgan fingerprint density at radius 3 is 2.47 bits per heavy atom. The van der Waals surface area contributed by atoms with Crippen molar-refractivity contribution in [3.8, 4) is 0 Å². The molecule has 2 heterocycles. The van der Waals surface area contributed by atoms with Gasteiger partial charge in [-0.15, -0.1) is 0 Å². The molecule has 32 heavy (non-hydrogen) atoms. The van der Waals surface area contributed by atoms with E-state index in [0.29, 0.717) is 17.0 Å². The number of hydrogen-bond acceptors (Lipinski definition) is 5. The van der Waals surface area contributed by atoms with Crippen molar-refractivity contribution in [1.82, 2.24) is 4.57 Å². The first kappa shape index (κ1) is 22.0. The number of amides is 3. The van der Waals surface area contributed by atoms with Crippen LogP contribution in [0.5, 0.6) is 0 Å². The van der Waals surface area contributed by atoms with E-state index in [1.165, 1.54) is 34.9 Å². The molecule has 7 nitrogen and oxygen atoms in total. The molecule has 3 aromatic rings. The Kier molecular flexibility index (Phi) is 6.24. The zero-order valence-corrected chi connectivity index (χ0v) is 18.0. The third-order valence-electron chi connectivity index (χ3n) is 4.98. The molecule has 0 bridgehead atoms. The summed E-state index contributed by atoms with van der Waals surface area (Å²) in [5.41, 5.74) is 0.776. The Balaban J connectivity index is 1.69. The summed E-state index contributed by atoms with van der Waals surface area (Å²) in [7, 11) is 0. The summed E-state index contributed by atoms with van der Waals surface area (Å²) in [5, 5.41) is 0. The highest BCUT2D eigenvalue weighted by Crippen LogP contribution is 2.24. The lowest BCUT2D eigenvalue weighted by atomic mass is 10.2. The van der Waals surface area contributed by atoms with Gasteiger partial charge in [-0.05, 0) is 37.3 Å². The van der Waals surface area contributed by atoms with E-state index in [1.807, 2.05) is 6.92 Å². The van der Waals surface area contributed by atoms with Crippen molar-refractivity contribution in [1.29, 1.82) is 0 Å². The minimum atomic E-state index is -0.744. The summed E-state index contributed by atoms with van der Waals surface area (Å²) in [4.78, 5) is 42.0. The lowest BCUT2D eigenvalue weighted by Gasteiger charge is -2.13. The molecule has 3 amide bonds. The number of nitrogens with zero attached hydrogens (tertiary/aromatic N) is 3. The minimum Gasteiger partial charge on any atom is -0.380 e. The van der Waals surface area contributed by atoms with Crippen molar-refractivity contribution >= 4 is 45.0 Å². The number of fused-ring (bicyclic) bond motifs is 1. The second-order valence-electron chi connectivity index (χ2n) is 7.05. The van der Waals surface area contributed by atoms with Gasteiger partial charge in [-0.3, -0.25) is 19.3 Å². The van der Waals surface area contributed by atoms with Gasteiger partial charge in [0.25, 0.3) is 5.91 Å². The number of carbonyl (C=O) groups excluding carboxylic acids is 3. The number of hydrogen-bond donors (Lipinski definition) is 0. The predicted molar refractivity (Wildman–Crippen MR) is 114 cm³/mol. The Hall–Kier alpha value is -3.24. The van der Waals surface area contributed by atoms with Crippen LogP contribution in [-0.2, 0) is 20.9 Å². The maximum atomic E-state index is 14.5. The fourth-order valence-corrected chi connectivity index (χ4v) is 4.58. The summed E-state index contributed by atoms with van der Waals surface area (Å²) in [6, 6.07) is 7.94. The molecular formula is C22H19F2N3O4S. The molecule has 0 aliphatic carbocycles. The molecule has 0 unspecified atom stereocenters. The number of halogens is 2. The second kappa shape index (κ2) is 9.09. The third kappa shape index (κ3) is 4.23. The number of benzene rings is 2. The lowest BCUT2D eigenvalue weighted by Crippen LogP contribution is -2.28. The SMILES string of the molecule is CCOCCn1c(=NC(=O)c2ccc(N3C(=O)CCC3=O)cc2)sc2cc(F)cc(F)c21. The van der Waals surface area contributed by atoms with Gasteiger partial charge in [0.2, 0.25) is 11.8 Å². The Bertz CT molecular complexity index is 1260. The third-order valence-corrected chi connectivity index (χ3v) is 6.01.